The number of hydrogen-bond acceptors (Lipinski definition) is 1. The zero-order chi connectivity index (χ0) is 34.8. The second-order valence-electron chi connectivity index (χ2n) is 14.6. The quantitative estimate of drug-likeness (QED) is 0.166. The summed E-state index contributed by atoms with van der Waals surface area (Å²) in [6, 6.07) is 69.2. The molecule has 0 radical (unpaired) electrons. The first-order valence-electron chi connectivity index (χ1n) is 18.2. The molecule has 9 aromatic carbocycles. The van der Waals surface area contributed by atoms with Crippen molar-refractivity contribution in [2.24, 2.45) is 0 Å². The fourth-order valence-electron chi connectivity index (χ4n) is 8.63. The average Bonchev–Trinajstić information content (AvgIpc) is 3.43. The van der Waals surface area contributed by atoms with E-state index < -0.39 is 0 Å². The van der Waals surface area contributed by atoms with E-state index in [0.717, 1.165) is 17.1 Å². The highest BCUT2D eigenvalue weighted by atomic mass is 15.1. The van der Waals surface area contributed by atoms with Gasteiger partial charge in [0.15, 0.2) is 0 Å². The first kappa shape index (κ1) is 30.4. The molecule has 0 fully saturated rings. The molecule has 0 saturated heterocycles. The van der Waals surface area contributed by atoms with Crippen LogP contribution in [0.1, 0.15) is 25.0 Å². The third-order valence-corrected chi connectivity index (χ3v) is 11.2. The molecule has 0 spiro atoms. The van der Waals surface area contributed by atoms with E-state index in [2.05, 4.69) is 207 Å². The predicted octanol–water partition coefficient (Wildman–Crippen LogP) is 14.3. The van der Waals surface area contributed by atoms with Gasteiger partial charge in [0.25, 0.3) is 0 Å². The number of fused-ring (bicyclic) bond motifs is 8. The Balaban J connectivity index is 1.15. The van der Waals surface area contributed by atoms with Gasteiger partial charge in [0, 0.05) is 22.5 Å². The van der Waals surface area contributed by atoms with E-state index in [1.165, 1.54) is 76.8 Å². The molecule has 0 atom stereocenters. The minimum atomic E-state index is -0.0940. The normalized spacial score (nSPS) is 13.0. The Hall–Kier alpha value is -6.44. The van der Waals surface area contributed by atoms with Crippen LogP contribution in [0.15, 0.2) is 188 Å². The summed E-state index contributed by atoms with van der Waals surface area (Å²) >= 11 is 0. The summed E-state index contributed by atoms with van der Waals surface area (Å²) in [7, 11) is 0. The van der Waals surface area contributed by atoms with Crippen molar-refractivity contribution in [3.8, 4) is 33.4 Å². The van der Waals surface area contributed by atoms with E-state index in [1.54, 1.807) is 0 Å². The smallest absolute Gasteiger partial charge is 0.0467 e. The second-order valence-corrected chi connectivity index (χ2v) is 14.6. The highest BCUT2D eigenvalue weighted by molar-refractivity contribution is 6.23. The molecule has 0 saturated carbocycles. The third kappa shape index (κ3) is 4.77. The van der Waals surface area contributed by atoms with Gasteiger partial charge in [-0.2, -0.15) is 0 Å². The van der Waals surface area contributed by atoms with Crippen molar-refractivity contribution in [3.05, 3.63) is 199 Å². The van der Waals surface area contributed by atoms with Crippen LogP contribution in [-0.4, -0.2) is 0 Å². The van der Waals surface area contributed by atoms with E-state index >= 15 is 0 Å². The average molecular weight is 664 g/mol. The zero-order valence-corrected chi connectivity index (χ0v) is 29.3. The lowest BCUT2D eigenvalue weighted by Gasteiger charge is -2.28. The van der Waals surface area contributed by atoms with Gasteiger partial charge in [0.05, 0.1) is 0 Å². The fourth-order valence-corrected chi connectivity index (χ4v) is 8.63. The van der Waals surface area contributed by atoms with Crippen molar-refractivity contribution >= 4 is 49.4 Å². The van der Waals surface area contributed by atoms with Gasteiger partial charge in [-0.1, -0.05) is 159 Å². The molecule has 0 aromatic heterocycles. The topological polar surface area (TPSA) is 3.24 Å². The standard InChI is InChI=1S/C51H37N/c1-51(2)48-22-11-10-21-44(48)45-30-28-41(33-49(45)51)52(40-18-12-17-37(31-40)34-13-4-3-5-14-34)39-26-23-36(24-27-39)47-32-38-16-7-8-19-42(38)46-29-25-35-15-6-9-20-43(35)50(46)47/h3-33H,1-2H3. The molecule has 52 heavy (non-hydrogen) atoms. The Labute approximate surface area is 305 Å². The largest absolute Gasteiger partial charge is 0.310 e. The third-order valence-electron chi connectivity index (χ3n) is 11.2. The first-order chi connectivity index (χ1) is 25.5. The summed E-state index contributed by atoms with van der Waals surface area (Å²) in [6.07, 6.45) is 0. The van der Waals surface area contributed by atoms with Crippen molar-refractivity contribution in [2.75, 3.05) is 4.90 Å². The lowest BCUT2D eigenvalue weighted by atomic mass is 9.82. The fraction of sp³-hybridized carbons (Fsp3) is 0.0588. The van der Waals surface area contributed by atoms with Crippen molar-refractivity contribution in [3.63, 3.8) is 0 Å². The number of benzene rings is 9. The SMILES string of the molecule is CC1(C)c2ccccc2-c2ccc(N(c3ccc(-c4cc5ccccc5c5ccc6ccccc6c45)cc3)c3cccc(-c4ccccc4)c3)cc21. The molecule has 0 amide bonds. The van der Waals surface area contributed by atoms with E-state index in [1.807, 2.05) is 0 Å². The van der Waals surface area contributed by atoms with Gasteiger partial charge in [0.1, 0.15) is 0 Å². The molecule has 0 aliphatic heterocycles. The predicted molar refractivity (Wildman–Crippen MR) is 222 cm³/mol. The van der Waals surface area contributed by atoms with Gasteiger partial charge in [-0.15, -0.1) is 0 Å². The lowest BCUT2D eigenvalue weighted by molar-refractivity contribution is 0.660. The maximum Gasteiger partial charge on any atom is 0.0467 e. The maximum atomic E-state index is 2.42. The molecule has 0 N–H and O–H groups in total. The number of anilines is 3. The molecule has 1 nitrogen and oxygen atoms in total. The van der Waals surface area contributed by atoms with Crippen LogP contribution in [0.5, 0.6) is 0 Å². The van der Waals surface area contributed by atoms with Gasteiger partial charge < -0.3 is 4.90 Å². The monoisotopic (exact) mass is 663 g/mol. The van der Waals surface area contributed by atoms with Crippen LogP contribution in [0.25, 0.3) is 65.7 Å². The van der Waals surface area contributed by atoms with Gasteiger partial charge in [-0.25, -0.2) is 0 Å². The summed E-state index contributed by atoms with van der Waals surface area (Å²) in [4.78, 5) is 2.42. The van der Waals surface area contributed by atoms with Crippen LogP contribution >= 0.6 is 0 Å². The zero-order valence-electron chi connectivity index (χ0n) is 29.3. The van der Waals surface area contributed by atoms with E-state index in [0.29, 0.717) is 0 Å². The van der Waals surface area contributed by atoms with Gasteiger partial charge in [-0.3, -0.25) is 0 Å². The Kier molecular flexibility index (Phi) is 6.91. The number of hydrogen-bond donors (Lipinski definition) is 0. The van der Waals surface area contributed by atoms with Crippen molar-refractivity contribution in [1.82, 2.24) is 0 Å². The molecule has 1 aliphatic rings. The van der Waals surface area contributed by atoms with Crippen LogP contribution < -0.4 is 4.90 Å². The highest BCUT2D eigenvalue weighted by Gasteiger charge is 2.35. The van der Waals surface area contributed by atoms with Crippen LogP contribution in [0.4, 0.5) is 17.1 Å². The molecule has 0 unspecified atom stereocenters. The summed E-state index contributed by atoms with van der Waals surface area (Å²) in [5, 5.41) is 7.68. The second kappa shape index (κ2) is 11.8. The maximum absolute atomic E-state index is 2.42. The van der Waals surface area contributed by atoms with Gasteiger partial charge in [0.2, 0.25) is 0 Å². The molecule has 1 heteroatoms. The van der Waals surface area contributed by atoms with Gasteiger partial charge >= 0.3 is 0 Å². The van der Waals surface area contributed by atoms with E-state index in [4.69, 9.17) is 0 Å². The summed E-state index contributed by atoms with van der Waals surface area (Å²) < 4.78 is 0. The van der Waals surface area contributed by atoms with Crippen molar-refractivity contribution in [2.45, 2.75) is 19.3 Å². The molecule has 10 rings (SSSR count). The molecular formula is C51H37N. The van der Waals surface area contributed by atoms with Crippen molar-refractivity contribution in [1.29, 1.82) is 0 Å². The molecule has 0 bridgehead atoms. The molecule has 9 aromatic rings. The van der Waals surface area contributed by atoms with Crippen LogP contribution in [0.2, 0.25) is 0 Å². The summed E-state index contributed by atoms with van der Waals surface area (Å²) in [5.41, 5.74) is 13.6. The Morgan fingerprint density at radius 2 is 1.00 bits per heavy atom. The number of rotatable bonds is 5. The van der Waals surface area contributed by atoms with E-state index in [-0.39, 0.29) is 5.41 Å². The number of nitrogens with zero attached hydrogens (tertiary/aromatic N) is 1. The highest BCUT2D eigenvalue weighted by Crippen LogP contribution is 2.51. The molecule has 1 aliphatic carbocycles. The van der Waals surface area contributed by atoms with Gasteiger partial charge in [-0.05, 0) is 119 Å². The first-order valence-corrected chi connectivity index (χ1v) is 18.2. The molecule has 246 valence electrons. The molecule has 0 heterocycles. The van der Waals surface area contributed by atoms with Crippen LogP contribution in [0.3, 0.4) is 0 Å². The van der Waals surface area contributed by atoms with Crippen molar-refractivity contribution < 1.29 is 0 Å². The van der Waals surface area contributed by atoms with Crippen LogP contribution in [-0.2, 0) is 5.41 Å². The summed E-state index contributed by atoms with van der Waals surface area (Å²) in [5.74, 6) is 0. The van der Waals surface area contributed by atoms with Crippen LogP contribution in [0, 0.1) is 0 Å². The Morgan fingerprint density at radius 1 is 0.346 bits per heavy atom. The lowest BCUT2D eigenvalue weighted by Crippen LogP contribution is -2.16. The minimum Gasteiger partial charge on any atom is -0.310 e. The molecular weight excluding hydrogens is 627 g/mol. The Morgan fingerprint density at radius 3 is 1.85 bits per heavy atom. The Bertz CT molecular complexity index is 2810. The minimum absolute atomic E-state index is 0.0940. The summed E-state index contributed by atoms with van der Waals surface area (Å²) in [6.45, 7) is 4.71. The van der Waals surface area contributed by atoms with E-state index in [9.17, 15) is 0 Å².